The highest BCUT2D eigenvalue weighted by atomic mass is 35.5. The second-order valence-corrected chi connectivity index (χ2v) is 7.29. The molecule has 0 radical (unpaired) electrons. The molecule has 1 saturated carbocycles. The van der Waals surface area contributed by atoms with Gasteiger partial charge in [-0.2, -0.15) is 0 Å². The molecular formula is C19H29ClN2O. The zero-order chi connectivity index (χ0) is 14.8. The number of nitrogens with one attached hydrogen (secondary N) is 2. The Bertz CT molecular complexity index is 479. The van der Waals surface area contributed by atoms with Gasteiger partial charge >= 0.3 is 0 Å². The summed E-state index contributed by atoms with van der Waals surface area (Å²) in [4.78, 5) is 0. The molecule has 128 valence electrons. The molecule has 3 nitrogen and oxygen atoms in total. The molecule has 1 heterocycles. The zero-order valence-corrected chi connectivity index (χ0v) is 14.6. The van der Waals surface area contributed by atoms with E-state index in [0.29, 0.717) is 12.1 Å². The first-order chi connectivity index (χ1) is 10.9. The second-order valence-electron chi connectivity index (χ2n) is 7.29. The number of halogens is 1. The van der Waals surface area contributed by atoms with E-state index in [4.69, 9.17) is 4.74 Å². The van der Waals surface area contributed by atoms with Crippen LogP contribution in [0.2, 0.25) is 0 Å². The molecule has 23 heavy (non-hydrogen) atoms. The van der Waals surface area contributed by atoms with Crippen molar-refractivity contribution in [1.29, 1.82) is 0 Å². The second kappa shape index (κ2) is 7.98. The molecule has 0 aromatic heterocycles. The summed E-state index contributed by atoms with van der Waals surface area (Å²) in [5.41, 5.74) is 3.14. The van der Waals surface area contributed by atoms with Gasteiger partial charge in [-0.05, 0) is 55.2 Å². The lowest BCUT2D eigenvalue weighted by Gasteiger charge is -2.33. The van der Waals surface area contributed by atoms with E-state index < -0.39 is 0 Å². The summed E-state index contributed by atoms with van der Waals surface area (Å²) >= 11 is 0. The Morgan fingerprint density at radius 1 is 1.13 bits per heavy atom. The van der Waals surface area contributed by atoms with Crippen molar-refractivity contribution >= 4 is 12.4 Å². The molecule has 3 atom stereocenters. The van der Waals surface area contributed by atoms with Crippen LogP contribution in [0.1, 0.15) is 30.4 Å². The van der Waals surface area contributed by atoms with Crippen molar-refractivity contribution in [3.8, 4) is 0 Å². The fraction of sp³-hybridized carbons (Fsp3) is 0.684. The number of ether oxygens (including phenoxy) is 1. The van der Waals surface area contributed by atoms with Gasteiger partial charge in [0.05, 0.1) is 13.2 Å². The van der Waals surface area contributed by atoms with Crippen LogP contribution in [0.4, 0.5) is 0 Å². The highest BCUT2D eigenvalue weighted by Crippen LogP contribution is 2.31. The van der Waals surface area contributed by atoms with Crippen LogP contribution in [0, 0.1) is 11.8 Å². The predicted octanol–water partition coefficient (Wildman–Crippen LogP) is 2.57. The smallest absolute Gasteiger partial charge is 0.0623 e. The van der Waals surface area contributed by atoms with Crippen LogP contribution in [0.5, 0.6) is 0 Å². The molecule has 0 spiro atoms. The van der Waals surface area contributed by atoms with E-state index in [9.17, 15) is 0 Å². The van der Waals surface area contributed by atoms with Gasteiger partial charge in [-0.15, -0.1) is 12.4 Å². The largest absolute Gasteiger partial charge is 0.379 e. The fourth-order valence-corrected chi connectivity index (χ4v) is 4.70. The number of morpholine rings is 1. The number of rotatable bonds is 4. The molecule has 1 aromatic carbocycles. The van der Waals surface area contributed by atoms with Crippen molar-refractivity contribution in [2.24, 2.45) is 11.8 Å². The minimum absolute atomic E-state index is 0. The van der Waals surface area contributed by atoms with E-state index in [1.165, 1.54) is 38.6 Å². The standard InChI is InChI=1S/C19H28N2O.ClH/c1-2-5-16-11-14(10-15(16)4-1)12-21-18-7-3-6-17(18)19-13-22-9-8-20-19;/h1-2,4-5,14,17-21H,3,6-13H2;1H. The summed E-state index contributed by atoms with van der Waals surface area (Å²) in [5, 5.41) is 7.58. The van der Waals surface area contributed by atoms with Gasteiger partial charge in [-0.25, -0.2) is 0 Å². The summed E-state index contributed by atoms with van der Waals surface area (Å²) < 4.78 is 5.67. The molecular weight excluding hydrogens is 308 g/mol. The average Bonchev–Trinajstić information content (AvgIpc) is 3.20. The summed E-state index contributed by atoms with van der Waals surface area (Å²) in [6.45, 7) is 3.97. The normalized spacial score (nSPS) is 30.9. The quantitative estimate of drug-likeness (QED) is 0.886. The van der Waals surface area contributed by atoms with E-state index in [2.05, 4.69) is 34.9 Å². The third-order valence-electron chi connectivity index (χ3n) is 5.84. The molecule has 2 N–H and O–H groups in total. The number of hydrogen-bond acceptors (Lipinski definition) is 3. The van der Waals surface area contributed by atoms with Crippen molar-refractivity contribution in [3.05, 3.63) is 35.4 Å². The summed E-state index contributed by atoms with van der Waals surface area (Å²) in [5.74, 6) is 1.54. The van der Waals surface area contributed by atoms with Gasteiger partial charge in [0.1, 0.15) is 0 Å². The summed E-state index contributed by atoms with van der Waals surface area (Å²) in [7, 11) is 0. The first-order valence-electron chi connectivity index (χ1n) is 9.01. The van der Waals surface area contributed by atoms with E-state index >= 15 is 0 Å². The molecule has 2 fully saturated rings. The molecule has 4 heteroatoms. The van der Waals surface area contributed by atoms with Crippen LogP contribution in [-0.4, -0.2) is 38.4 Å². The summed E-state index contributed by atoms with van der Waals surface area (Å²) in [6, 6.07) is 10.2. The summed E-state index contributed by atoms with van der Waals surface area (Å²) in [6.07, 6.45) is 6.56. The maximum absolute atomic E-state index is 5.67. The van der Waals surface area contributed by atoms with Gasteiger partial charge in [0.2, 0.25) is 0 Å². The average molecular weight is 337 g/mol. The van der Waals surface area contributed by atoms with E-state index in [1.807, 2.05) is 0 Å². The fourth-order valence-electron chi connectivity index (χ4n) is 4.70. The van der Waals surface area contributed by atoms with Gasteiger partial charge in [0, 0.05) is 18.6 Å². The lowest BCUT2D eigenvalue weighted by atomic mass is 9.93. The van der Waals surface area contributed by atoms with Crippen molar-refractivity contribution in [2.75, 3.05) is 26.3 Å². The van der Waals surface area contributed by atoms with Gasteiger partial charge in [-0.1, -0.05) is 30.7 Å². The Labute approximate surface area is 146 Å². The molecule has 0 bridgehead atoms. The Morgan fingerprint density at radius 3 is 2.61 bits per heavy atom. The minimum atomic E-state index is 0. The van der Waals surface area contributed by atoms with E-state index in [1.54, 1.807) is 11.1 Å². The minimum Gasteiger partial charge on any atom is -0.379 e. The number of fused-ring (bicyclic) bond motifs is 1. The Kier molecular flexibility index (Phi) is 5.97. The van der Waals surface area contributed by atoms with Gasteiger partial charge in [0.25, 0.3) is 0 Å². The van der Waals surface area contributed by atoms with Crippen LogP contribution >= 0.6 is 12.4 Å². The Balaban J connectivity index is 0.00000156. The molecule has 1 aromatic rings. The molecule has 3 unspecified atom stereocenters. The first-order valence-corrected chi connectivity index (χ1v) is 9.01. The Morgan fingerprint density at radius 2 is 1.91 bits per heavy atom. The van der Waals surface area contributed by atoms with Crippen LogP contribution in [0.3, 0.4) is 0 Å². The maximum Gasteiger partial charge on any atom is 0.0623 e. The molecule has 1 aliphatic heterocycles. The van der Waals surface area contributed by atoms with Crippen molar-refractivity contribution in [2.45, 2.75) is 44.2 Å². The van der Waals surface area contributed by atoms with Gasteiger partial charge in [-0.3, -0.25) is 0 Å². The van der Waals surface area contributed by atoms with Crippen LogP contribution < -0.4 is 10.6 Å². The van der Waals surface area contributed by atoms with Crippen LogP contribution in [0.15, 0.2) is 24.3 Å². The molecule has 4 rings (SSSR count). The van der Waals surface area contributed by atoms with E-state index in [0.717, 1.165) is 31.6 Å². The highest BCUT2D eigenvalue weighted by Gasteiger charge is 2.35. The lowest BCUT2D eigenvalue weighted by molar-refractivity contribution is 0.0523. The third kappa shape index (κ3) is 3.90. The predicted molar refractivity (Wildman–Crippen MR) is 96.3 cm³/mol. The highest BCUT2D eigenvalue weighted by molar-refractivity contribution is 5.85. The van der Waals surface area contributed by atoms with Crippen LogP contribution in [0.25, 0.3) is 0 Å². The molecule has 1 saturated heterocycles. The van der Waals surface area contributed by atoms with Crippen LogP contribution in [-0.2, 0) is 17.6 Å². The van der Waals surface area contributed by atoms with Crippen molar-refractivity contribution in [3.63, 3.8) is 0 Å². The van der Waals surface area contributed by atoms with Crippen molar-refractivity contribution < 1.29 is 4.74 Å². The topological polar surface area (TPSA) is 33.3 Å². The monoisotopic (exact) mass is 336 g/mol. The van der Waals surface area contributed by atoms with Gasteiger partial charge < -0.3 is 15.4 Å². The van der Waals surface area contributed by atoms with Crippen molar-refractivity contribution in [1.82, 2.24) is 10.6 Å². The SMILES string of the molecule is Cl.c1ccc2c(c1)CC(CNC1CCCC1C1COCCN1)C2. The van der Waals surface area contributed by atoms with Gasteiger partial charge in [0.15, 0.2) is 0 Å². The third-order valence-corrected chi connectivity index (χ3v) is 5.84. The first kappa shape index (κ1) is 17.2. The maximum atomic E-state index is 5.67. The lowest BCUT2D eigenvalue weighted by Crippen LogP contribution is -2.51. The number of hydrogen-bond donors (Lipinski definition) is 2. The molecule has 3 aliphatic rings. The molecule has 0 amide bonds. The number of benzene rings is 1. The molecule has 2 aliphatic carbocycles. The van der Waals surface area contributed by atoms with E-state index in [-0.39, 0.29) is 12.4 Å². The Hall–Kier alpha value is -0.610. The zero-order valence-electron chi connectivity index (χ0n) is 13.8.